The number of nitrogens with one attached hydrogen (secondary N) is 2. The molecule has 0 saturated carbocycles. The van der Waals surface area contributed by atoms with Crippen molar-refractivity contribution < 1.29 is 8.42 Å². The number of aromatic nitrogens is 3. The first-order valence-electron chi connectivity index (χ1n) is 5.27. The zero-order valence-corrected chi connectivity index (χ0v) is 12.1. The van der Waals surface area contributed by atoms with E-state index >= 15 is 0 Å². The minimum Gasteiger partial charge on any atom is -0.302 e. The van der Waals surface area contributed by atoms with Gasteiger partial charge in [-0.15, -0.1) is 0 Å². The highest BCUT2D eigenvalue weighted by Crippen LogP contribution is 2.10. The maximum Gasteiger partial charge on any atom is 0.209 e. The van der Waals surface area contributed by atoms with E-state index in [1.165, 1.54) is 0 Å². The van der Waals surface area contributed by atoms with E-state index < -0.39 is 15.6 Å². The first-order valence-corrected chi connectivity index (χ1v) is 7.57. The first-order chi connectivity index (χ1) is 7.64. The van der Waals surface area contributed by atoms with Crippen LogP contribution in [0.1, 0.15) is 26.6 Å². The number of hydrogen-bond acceptors (Lipinski definition) is 4. The zero-order valence-electron chi connectivity index (χ0n) is 10.4. The number of H-pyrrole nitrogens is 1. The summed E-state index contributed by atoms with van der Waals surface area (Å²) in [4.78, 5) is 0. The molecule has 0 unspecified atom stereocenters. The van der Waals surface area contributed by atoms with Gasteiger partial charge in [-0.1, -0.05) is 6.92 Å². The minimum atomic E-state index is -3.25. The molecule has 1 rings (SSSR count). The normalized spacial score (nSPS) is 12.9. The molecule has 1 heterocycles. The van der Waals surface area contributed by atoms with Gasteiger partial charge in [-0.25, -0.2) is 13.1 Å². The Labute approximate surface area is 106 Å². The van der Waals surface area contributed by atoms with E-state index in [1.54, 1.807) is 0 Å². The SMILES string of the molecule is CCc1n[nH]c(=S)n1CC(C)(C)NS(C)(=O)=O. The van der Waals surface area contributed by atoms with E-state index in [4.69, 9.17) is 12.2 Å². The standard InChI is InChI=1S/C9H18N4O2S2/c1-5-7-10-11-8(16)13(7)6-9(2,3)12-17(4,14)15/h12H,5-6H2,1-4H3,(H,11,16). The van der Waals surface area contributed by atoms with Gasteiger partial charge in [-0.05, 0) is 26.1 Å². The summed E-state index contributed by atoms with van der Waals surface area (Å²) >= 11 is 5.12. The fraction of sp³-hybridized carbons (Fsp3) is 0.778. The van der Waals surface area contributed by atoms with Gasteiger partial charge in [-0.3, -0.25) is 5.10 Å². The molecular formula is C9H18N4O2S2. The molecule has 6 nitrogen and oxygen atoms in total. The molecule has 0 saturated heterocycles. The van der Waals surface area contributed by atoms with Gasteiger partial charge in [0.25, 0.3) is 0 Å². The smallest absolute Gasteiger partial charge is 0.209 e. The Bertz CT molecular complexity index is 542. The van der Waals surface area contributed by atoms with Gasteiger partial charge in [0.1, 0.15) is 5.82 Å². The average Bonchev–Trinajstić information content (AvgIpc) is 2.43. The van der Waals surface area contributed by atoms with Crippen molar-refractivity contribution in [3.8, 4) is 0 Å². The van der Waals surface area contributed by atoms with Crippen molar-refractivity contribution in [2.75, 3.05) is 6.26 Å². The summed E-state index contributed by atoms with van der Waals surface area (Å²) < 4.78 is 27.4. The fourth-order valence-electron chi connectivity index (χ4n) is 1.71. The highest BCUT2D eigenvalue weighted by atomic mass is 32.2. The molecule has 1 aromatic heterocycles. The lowest BCUT2D eigenvalue weighted by Crippen LogP contribution is -2.46. The van der Waals surface area contributed by atoms with Crippen molar-refractivity contribution in [2.24, 2.45) is 0 Å². The minimum absolute atomic E-state index is 0.443. The van der Waals surface area contributed by atoms with Gasteiger partial charge in [0, 0.05) is 18.5 Å². The van der Waals surface area contributed by atoms with Crippen LogP contribution in [-0.4, -0.2) is 35.0 Å². The van der Waals surface area contributed by atoms with Crippen LogP contribution in [0.3, 0.4) is 0 Å². The van der Waals surface area contributed by atoms with Crippen LogP contribution in [0.2, 0.25) is 0 Å². The Kier molecular flexibility index (Phi) is 4.11. The second kappa shape index (κ2) is 4.87. The van der Waals surface area contributed by atoms with Crippen LogP contribution >= 0.6 is 12.2 Å². The molecule has 0 aliphatic heterocycles. The topological polar surface area (TPSA) is 79.8 Å². The lowest BCUT2D eigenvalue weighted by Gasteiger charge is -2.25. The summed E-state index contributed by atoms with van der Waals surface area (Å²) in [7, 11) is -3.25. The summed E-state index contributed by atoms with van der Waals surface area (Å²) in [5, 5.41) is 6.80. The molecular weight excluding hydrogens is 260 g/mol. The number of aromatic amines is 1. The summed E-state index contributed by atoms with van der Waals surface area (Å²) in [6.45, 7) is 6.03. The third-order valence-electron chi connectivity index (χ3n) is 2.17. The molecule has 0 aliphatic rings. The summed E-state index contributed by atoms with van der Waals surface area (Å²) in [5.41, 5.74) is -0.612. The molecule has 0 aliphatic carbocycles. The lowest BCUT2D eigenvalue weighted by atomic mass is 10.1. The monoisotopic (exact) mass is 278 g/mol. The largest absolute Gasteiger partial charge is 0.302 e. The second-order valence-electron chi connectivity index (χ2n) is 4.64. The van der Waals surface area contributed by atoms with Gasteiger partial charge in [0.2, 0.25) is 10.0 Å². The van der Waals surface area contributed by atoms with Crippen LogP contribution in [0.5, 0.6) is 0 Å². The van der Waals surface area contributed by atoms with E-state index in [2.05, 4.69) is 14.9 Å². The van der Waals surface area contributed by atoms with Gasteiger partial charge in [0.05, 0.1) is 6.26 Å². The van der Waals surface area contributed by atoms with Crippen molar-refractivity contribution >= 4 is 22.2 Å². The van der Waals surface area contributed by atoms with Gasteiger partial charge in [-0.2, -0.15) is 5.10 Å². The predicted octanol–water partition coefficient (Wildman–Crippen LogP) is 0.831. The predicted molar refractivity (Wildman–Crippen MR) is 68.8 cm³/mol. The van der Waals surface area contributed by atoms with Crippen molar-refractivity contribution in [1.82, 2.24) is 19.5 Å². The van der Waals surface area contributed by atoms with Crippen molar-refractivity contribution in [2.45, 2.75) is 39.3 Å². The van der Waals surface area contributed by atoms with Crippen LogP contribution in [0, 0.1) is 4.77 Å². The highest BCUT2D eigenvalue weighted by molar-refractivity contribution is 7.88. The molecule has 17 heavy (non-hydrogen) atoms. The molecule has 0 fully saturated rings. The molecule has 98 valence electrons. The third-order valence-corrected chi connectivity index (χ3v) is 3.40. The Morgan fingerprint density at radius 2 is 2.12 bits per heavy atom. The number of hydrogen-bond donors (Lipinski definition) is 2. The van der Waals surface area contributed by atoms with Crippen LogP contribution in [0.25, 0.3) is 0 Å². The summed E-state index contributed by atoms with van der Waals surface area (Å²) in [6.07, 6.45) is 1.88. The molecule has 1 aromatic rings. The van der Waals surface area contributed by atoms with E-state index in [0.29, 0.717) is 11.3 Å². The lowest BCUT2D eigenvalue weighted by molar-refractivity contribution is 0.383. The number of rotatable bonds is 5. The molecule has 0 aromatic carbocycles. The number of sulfonamides is 1. The van der Waals surface area contributed by atoms with Gasteiger partial charge < -0.3 is 4.57 Å². The Morgan fingerprint density at radius 1 is 1.53 bits per heavy atom. The molecule has 2 N–H and O–H groups in total. The van der Waals surface area contributed by atoms with Crippen LogP contribution in [0.15, 0.2) is 0 Å². The average molecular weight is 278 g/mol. The first kappa shape index (κ1) is 14.3. The van der Waals surface area contributed by atoms with E-state index in [-0.39, 0.29) is 0 Å². The van der Waals surface area contributed by atoms with E-state index in [9.17, 15) is 8.42 Å². The molecule has 0 bridgehead atoms. The van der Waals surface area contributed by atoms with E-state index in [0.717, 1.165) is 18.5 Å². The molecule has 0 spiro atoms. The van der Waals surface area contributed by atoms with Crippen molar-refractivity contribution in [3.05, 3.63) is 10.6 Å². The Balaban J connectivity index is 2.97. The maximum absolute atomic E-state index is 11.2. The van der Waals surface area contributed by atoms with Crippen LogP contribution in [0.4, 0.5) is 0 Å². The van der Waals surface area contributed by atoms with Gasteiger partial charge in [0.15, 0.2) is 4.77 Å². The highest BCUT2D eigenvalue weighted by Gasteiger charge is 2.24. The quantitative estimate of drug-likeness (QED) is 0.782. The molecule has 0 radical (unpaired) electrons. The van der Waals surface area contributed by atoms with Crippen molar-refractivity contribution in [3.63, 3.8) is 0 Å². The summed E-state index contributed by atoms with van der Waals surface area (Å²) in [6, 6.07) is 0. The number of aryl methyl sites for hydroxylation is 1. The van der Waals surface area contributed by atoms with Crippen LogP contribution in [-0.2, 0) is 23.0 Å². The molecule has 0 atom stereocenters. The molecule has 8 heteroatoms. The third kappa shape index (κ3) is 4.21. The Hall–Kier alpha value is -0.730. The molecule has 0 amide bonds. The summed E-state index contributed by atoms with van der Waals surface area (Å²) in [5.74, 6) is 0.818. The zero-order chi connectivity index (χ0) is 13.3. The number of nitrogens with zero attached hydrogens (tertiary/aromatic N) is 2. The van der Waals surface area contributed by atoms with Crippen LogP contribution < -0.4 is 4.72 Å². The van der Waals surface area contributed by atoms with Gasteiger partial charge >= 0.3 is 0 Å². The Morgan fingerprint density at radius 3 is 2.59 bits per heavy atom. The van der Waals surface area contributed by atoms with Crippen molar-refractivity contribution in [1.29, 1.82) is 0 Å². The maximum atomic E-state index is 11.2. The fourth-order valence-corrected chi connectivity index (χ4v) is 3.00. The van der Waals surface area contributed by atoms with E-state index in [1.807, 2.05) is 25.3 Å². The second-order valence-corrected chi connectivity index (χ2v) is 6.78.